The van der Waals surface area contributed by atoms with Crippen molar-refractivity contribution in [3.8, 4) is 5.75 Å². The summed E-state index contributed by atoms with van der Waals surface area (Å²) >= 11 is 0. The normalized spacial score (nSPS) is 12.4. The summed E-state index contributed by atoms with van der Waals surface area (Å²) in [5.41, 5.74) is 1.41. The number of hydrogen-bond donors (Lipinski definition) is 1. The number of ether oxygens (including phenoxy) is 1. The molecule has 0 bridgehead atoms. The molecule has 0 aliphatic heterocycles. The van der Waals surface area contributed by atoms with Gasteiger partial charge in [0.05, 0.1) is 6.61 Å². The highest BCUT2D eigenvalue weighted by Gasteiger charge is 2.02. The second-order valence-electron chi connectivity index (χ2n) is 4.97. The maximum absolute atomic E-state index is 5.78. The molecule has 1 rings (SSSR count). The minimum absolute atomic E-state index is 0.546. The summed E-state index contributed by atoms with van der Waals surface area (Å²) in [5.74, 6) is 1.53. The van der Waals surface area contributed by atoms with Gasteiger partial charge in [-0.1, -0.05) is 39.3 Å². The first kappa shape index (κ1) is 15.0. The SMILES string of the molecule is CCCCc1ccc(OCC(C)CNCC)cc1. The molecule has 1 aromatic carbocycles. The highest BCUT2D eigenvalue weighted by Crippen LogP contribution is 2.14. The van der Waals surface area contributed by atoms with Gasteiger partial charge < -0.3 is 10.1 Å². The average Bonchev–Trinajstić information content (AvgIpc) is 2.41. The van der Waals surface area contributed by atoms with Crippen LogP contribution in [0.25, 0.3) is 0 Å². The Morgan fingerprint density at radius 1 is 1.17 bits per heavy atom. The van der Waals surface area contributed by atoms with E-state index in [1.54, 1.807) is 0 Å². The van der Waals surface area contributed by atoms with Gasteiger partial charge >= 0.3 is 0 Å². The van der Waals surface area contributed by atoms with Gasteiger partial charge in [-0.3, -0.25) is 0 Å². The topological polar surface area (TPSA) is 21.3 Å². The van der Waals surface area contributed by atoms with E-state index < -0.39 is 0 Å². The van der Waals surface area contributed by atoms with Gasteiger partial charge in [0.1, 0.15) is 5.75 Å². The molecule has 0 aromatic heterocycles. The van der Waals surface area contributed by atoms with E-state index in [4.69, 9.17) is 4.74 Å². The largest absolute Gasteiger partial charge is 0.493 e. The fourth-order valence-corrected chi connectivity index (χ4v) is 1.82. The molecule has 1 N–H and O–H groups in total. The van der Waals surface area contributed by atoms with E-state index in [2.05, 4.69) is 50.4 Å². The standard InChI is InChI=1S/C16H27NO/c1-4-6-7-15-8-10-16(11-9-15)18-13-14(3)12-17-5-2/h8-11,14,17H,4-7,12-13H2,1-3H3. The lowest BCUT2D eigenvalue weighted by Gasteiger charge is -2.13. The van der Waals surface area contributed by atoms with Crippen LogP contribution in [0.1, 0.15) is 39.2 Å². The molecule has 102 valence electrons. The zero-order valence-electron chi connectivity index (χ0n) is 12.0. The molecule has 0 heterocycles. The molecule has 0 saturated heterocycles. The molecule has 2 heteroatoms. The van der Waals surface area contributed by atoms with Crippen LogP contribution in [-0.4, -0.2) is 19.7 Å². The predicted molar refractivity (Wildman–Crippen MR) is 78.3 cm³/mol. The van der Waals surface area contributed by atoms with E-state index in [1.165, 1.54) is 24.8 Å². The lowest BCUT2D eigenvalue weighted by molar-refractivity contribution is 0.256. The fourth-order valence-electron chi connectivity index (χ4n) is 1.82. The molecular weight excluding hydrogens is 222 g/mol. The summed E-state index contributed by atoms with van der Waals surface area (Å²) in [7, 11) is 0. The van der Waals surface area contributed by atoms with Crippen molar-refractivity contribution in [3.63, 3.8) is 0 Å². The first-order valence-electron chi connectivity index (χ1n) is 7.18. The Bertz CT molecular complexity index is 307. The summed E-state index contributed by atoms with van der Waals surface area (Å²) in [4.78, 5) is 0. The van der Waals surface area contributed by atoms with Crippen molar-refractivity contribution in [2.75, 3.05) is 19.7 Å². The molecule has 0 aliphatic rings. The van der Waals surface area contributed by atoms with Crippen molar-refractivity contribution < 1.29 is 4.74 Å². The lowest BCUT2D eigenvalue weighted by atomic mass is 10.1. The van der Waals surface area contributed by atoms with Crippen molar-refractivity contribution in [2.24, 2.45) is 5.92 Å². The molecule has 0 radical (unpaired) electrons. The van der Waals surface area contributed by atoms with Crippen molar-refractivity contribution in [2.45, 2.75) is 40.0 Å². The molecule has 0 amide bonds. The first-order valence-corrected chi connectivity index (χ1v) is 7.18. The molecule has 1 unspecified atom stereocenters. The Morgan fingerprint density at radius 3 is 2.50 bits per heavy atom. The van der Waals surface area contributed by atoms with Crippen LogP contribution in [0.3, 0.4) is 0 Å². The minimum atomic E-state index is 0.546. The van der Waals surface area contributed by atoms with E-state index in [0.717, 1.165) is 25.4 Å². The van der Waals surface area contributed by atoms with Gasteiger partial charge in [-0.05, 0) is 37.1 Å². The van der Waals surface area contributed by atoms with Crippen LogP contribution in [0.15, 0.2) is 24.3 Å². The Balaban J connectivity index is 2.30. The summed E-state index contributed by atoms with van der Waals surface area (Å²) in [5, 5.41) is 3.34. The number of aryl methyl sites for hydroxylation is 1. The zero-order valence-corrected chi connectivity index (χ0v) is 12.0. The highest BCUT2D eigenvalue weighted by molar-refractivity contribution is 5.27. The number of nitrogens with one attached hydrogen (secondary N) is 1. The van der Waals surface area contributed by atoms with Gasteiger partial charge in [-0.2, -0.15) is 0 Å². The van der Waals surface area contributed by atoms with Gasteiger partial charge in [0.15, 0.2) is 0 Å². The summed E-state index contributed by atoms with van der Waals surface area (Å²) in [6.45, 7) is 9.38. The fraction of sp³-hybridized carbons (Fsp3) is 0.625. The van der Waals surface area contributed by atoms with Gasteiger partial charge in [-0.25, -0.2) is 0 Å². The van der Waals surface area contributed by atoms with Crippen LogP contribution in [0.5, 0.6) is 5.75 Å². The summed E-state index contributed by atoms with van der Waals surface area (Å²) in [6.07, 6.45) is 3.69. The molecule has 2 nitrogen and oxygen atoms in total. The first-order chi connectivity index (χ1) is 8.76. The highest BCUT2D eigenvalue weighted by atomic mass is 16.5. The van der Waals surface area contributed by atoms with E-state index in [0.29, 0.717) is 5.92 Å². The molecule has 0 fully saturated rings. The molecule has 1 atom stereocenters. The smallest absolute Gasteiger partial charge is 0.119 e. The Morgan fingerprint density at radius 2 is 1.89 bits per heavy atom. The third-order valence-electron chi connectivity index (χ3n) is 3.02. The monoisotopic (exact) mass is 249 g/mol. The predicted octanol–water partition coefficient (Wildman–Crippen LogP) is 3.65. The van der Waals surface area contributed by atoms with Gasteiger partial charge in [-0.15, -0.1) is 0 Å². The van der Waals surface area contributed by atoms with Crippen LogP contribution < -0.4 is 10.1 Å². The van der Waals surface area contributed by atoms with E-state index in [9.17, 15) is 0 Å². The van der Waals surface area contributed by atoms with Crippen molar-refractivity contribution in [3.05, 3.63) is 29.8 Å². The van der Waals surface area contributed by atoms with Crippen molar-refractivity contribution >= 4 is 0 Å². The van der Waals surface area contributed by atoms with Gasteiger partial charge in [0.25, 0.3) is 0 Å². The minimum Gasteiger partial charge on any atom is -0.493 e. The van der Waals surface area contributed by atoms with E-state index in [-0.39, 0.29) is 0 Å². The van der Waals surface area contributed by atoms with Crippen LogP contribution in [-0.2, 0) is 6.42 Å². The second kappa shape index (κ2) is 8.98. The maximum atomic E-state index is 5.78. The van der Waals surface area contributed by atoms with Crippen molar-refractivity contribution in [1.29, 1.82) is 0 Å². The van der Waals surface area contributed by atoms with E-state index in [1.807, 2.05) is 0 Å². The third kappa shape index (κ3) is 6.06. The second-order valence-corrected chi connectivity index (χ2v) is 4.97. The Kier molecular flexibility index (Phi) is 7.51. The number of hydrogen-bond acceptors (Lipinski definition) is 2. The molecule has 0 aliphatic carbocycles. The molecule has 0 saturated carbocycles. The Labute approximate surface area is 112 Å². The maximum Gasteiger partial charge on any atom is 0.119 e. The quantitative estimate of drug-likeness (QED) is 0.721. The summed E-state index contributed by atoms with van der Waals surface area (Å²) < 4.78 is 5.78. The van der Waals surface area contributed by atoms with Crippen LogP contribution in [0.2, 0.25) is 0 Å². The molecule has 18 heavy (non-hydrogen) atoms. The van der Waals surface area contributed by atoms with E-state index >= 15 is 0 Å². The number of rotatable bonds is 9. The molecule has 0 spiro atoms. The number of unbranched alkanes of at least 4 members (excludes halogenated alkanes) is 1. The molecular formula is C16H27NO. The Hall–Kier alpha value is -1.02. The zero-order chi connectivity index (χ0) is 13.2. The number of benzene rings is 1. The van der Waals surface area contributed by atoms with Gasteiger partial charge in [0, 0.05) is 12.5 Å². The molecule has 1 aromatic rings. The summed E-state index contributed by atoms with van der Waals surface area (Å²) in [6, 6.07) is 8.54. The average molecular weight is 249 g/mol. The van der Waals surface area contributed by atoms with Crippen LogP contribution in [0, 0.1) is 5.92 Å². The van der Waals surface area contributed by atoms with Gasteiger partial charge in [0.2, 0.25) is 0 Å². The van der Waals surface area contributed by atoms with Crippen LogP contribution in [0.4, 0.5) is 0 Å². The third-order valence-corrected chi connectivity index (χ3v) is 3.02. The van der Waals surface area contributed by atoms with Crippen LogP contribution >= 0.6 is 0 Å². The lowest BCUT2D eigenvalue weighted by Crippen LogP contribution is -2.24. The van der Waals surface area contributed by atoms with Crippen molar-refractivity contribution in [1.82, 2.24) is 5.32 Å².